The van der Waals surface area contributed by atoms with Crippen LogP contribution in [0.25, 0.3) is 11.5 Å². The average Bonchev–Trinajstić information content (AvgIpc) is 2.98. The third-order valence-corrected chi connectivity index (χ3v) is 3.24. The summed E-state index contributed by atoms with van der Waals surface area (Å²) in [4.78, 5) is 15.6. The molecule has 0 N–H and O–H groups in total. The predicted octanol–water partition coefficient (Wildman–Crippen LogP) is 3.06. The molecule has 5 nitrogen and oxygen atoms in total. The maximum absolute atomic E-state index is 14.3. The van der Waals surface area contributed by atoms with E-state index in [9.17, 15) is 9.18 Å². The fourth-order valence-electron chi connectivity index (χ4n) is 2.04. The highest BCUT2D eigenvalue weighted by atomic mass is 19.1. The Balaban J connectivity index is 2.48. The van der Waals surface area contributed by atoms with Gasteiger partial charge in [0.2, 0.25) is 0 Å². The Morgan fingerprint density at radius 2 is 2.05 bits per heavy atom. The van der Waals surface area contributed by atoms with Crippen LogP contribution < -0.4 is 4.74 Å². The maximum Gasteiger partial charge on any atom is 0.336 e. The van der Waals surface area contributed by atoms with Crippen LogP contribution in [0.3, 0.4) is 0 Å². The first-order valence-corrected chi connectivity index (χ1v) is 6.62. The Morgan fingerprint density at radius 3 is 2.59 bits per heavy atom. The molecular weight excluding hydrogens is 287 g/mol. The summed E-state index contributed by atoms with van der Waals surface area (Å²) in [5.41, 5.74) is 1.75. The third kappa shape index (κ3) is 3.00. The molecule has 2 rings (SSSR count). The van der Waals surface area contributed by atoms with Crippen molar-refractivity contribution in [2.75, 3.05) is 14.2 Å². The van der Waals surface area contributed by atoms with Crippen LogP contribution in [-0.4, -0.2) is 29.7 Å². The number of hydrogen-bond acceptors (Lipinski definition) is 4. The number of carbonyl (C=O) groups is 1. The molecule has 0 spiro atoms. The molecule has 1 heterocycles. The van der Waals surface area contributed by atoms with Crippen molar-refractivity contribution in [3.63, 3.8) is 0 Å². The molecule has 2 aromatic rings. The predicted molar refractivity (Wildman–Crippen MR) is 80.6 cm³/mol. The van der Waals surface area contributed by atoms with Gasteiger partial charge in [0.25, 0.3) is 0 Å². The molecule has 0 saturated heterocycles. The SMILES string of the molecule is COC(=O)/C(C)=C(/F)c1ccc(-n2cnc(C)c2)c(OC)c1. The van der Waals surface area contributed by atoms with Gasteiger partial charge in [-0.3, -0.25) is 0 Å². The molecule has 0 aliphatic heterocycles. The quantitative estimate of drug-likeness (QED) is 0.643. The molecule has 0 amide bonds. The van der Waals surface area contributed by atoms with E-state index < -0.39 is 11.8 Å². The third-order valence-electron chi connectivity index (χ3n) is 3.24. The van der Waals surface area contributed by atoms with Crippen LogP contribution in [0.15, 0.2) is 36.3 Å². The first-order valence-electron chi connectivity index (χ1n) is 6.62. The van der Waals surface area contributed by atoms with Crippen molar-refractivity contribution < 1.29 is 18.7 Å². The summed E-state index contributed by atoms with van der Waals surface area (Å²) < 4.78 is 25.9. The molecule has 1 aromatic carbocycles. The lowest BCUT2D eigenvalue weighted by molar-refractivity contribution is -0.136. The fourth-order valence-corrected chi connectivity index (χ4v) is 2.04. The number of imidazole rings is 1. The minimum Gasteiger partial charge on any atom is -0.495 e. The molecule has 0 unspecified atom stereocenters. The summed E-state index contributed by atoms with van der Waals surface area (Å²) in [6.07, 6.45) is 3.49. The fraction of sp³-hybridized carbons (Fsp3) is 0.250. The van der Waals surface area contributed by atoms with Crippen molar-refractivity contribution in [1.29, 1.82) is 0 Å². The minimum atomic E-state index is -0.703. The van der Waals surface area contributed by atoms with Crippen molar-refractivity contribution in [2.45, 2.75) is 13.8 Å². The van der Waals surface area contributed by atoms with E-state index in [2.05, 4.69) is 9.72 Å². The lowest BCUT2D eigenvalue weighted by atomic mass is 10.1. The first kappa shape index (κ1) is 15.8. The second-order valence-corrected chi connectivity index (χ2v) is 4.74. The van der Waals surface area contributed by atoms with Gasteiger partial charge in [0.1, 0.15) is 11.6 Å². The molecule has 0 fully saturated rings. The normalized spacial score (nSPS) is 11.9. The van der Waals surface area contributed by atoms with Crippen molar-refractivity contribution in [2.24, 2.45) is 0 Å². The summed E-state index contributed by atoms with van der Waals surface area (Å²) >= 11 is 0. The van der Waals surface area contributed by atoms with Gasteiger partial charge in [0.05, 0.1) is 37.5 Å². The Hall–Kier alpha value is -2.63. The number of hydrogen-bond donors (Lipinski definition) is 0. The number of rotatable bonds is 4. The number of ether oxygens (including phenoxy) is 2. The van der Waals surface area contributed by atoms with E-state index in [-0.39, 0.29) is 11.1 Å². The van der Waals surface area contributed by atoms with E-state index in [4.69, 9.17) is 4.74 Å². The maximum atomic E-state index is 14.3. The van der Waals surface area contributed by atoms with E-state index in [1.165, 1.54) is 27.2 Å². The van der Waals surface area contributed by atoms with Gasteiger partial charge in [-0.05, 0) is 32.0 Å². The average molecular weight is 304 g/mol. The molecule has 0 atom stereocenters. The number of esters is 1. The van der Waals surface area contributed by atoms with Crippen LogP contribution in [0.4, 0.5) is 4.39 Å². The van der Waals surface area contributed by atoms with Crippen molar-refractivity contribution in [3.05, 3.63) is 47.6 Å². The number of aromatic nitrogens is 2. The van der Waals surface area contributed by atoms with Gasteiger partial charge in [0, 0.05) is 11.8 Å². The molecule has 22 heavy (non-hydrogen) atoms. The second-order valence-electron chi connectivity index (χ2n) is 4.74. The highest BCUT2D eigenvalue weighted by Crippen LogP contribution is 2.29. The smallest absolute Gasteiger partial charge is 0.336 e. The summed E-state index contributed by atoms with van der Waals surface area (Å²) in [7, 11) is 2.71. The lowest BCUT2D eigenvalue weighted by Gasteiger charge is -2.11. The number of halogens is 1. The van der Waals surface area contributed by atoms with Gasteiger partial charge in [-0.25, -0.2) is 14.2 Å². The van der Waals surface area contributed by atoms with Crippen molar-refractivity contribution in [1.82, 2.24) is 9.55 Å². The summed E-state index contributed by atoms with van der Waals surface area (Å²) in [5, 5.41) is 0. The largest absolute Gasteiger partial charge is 0.495 e. The van der Waals surface area contributed by atoms with E-state index in [0.717, 1.165) is 11.4 Å². The van der Waals surface area contributed by atoms with Gasteiger partial charge in [-0.15, -0.1) is 0 Å². The van der Waals surface area contributed by atoms with E-state index in [0.29, 0.717) is 5.75 Å². The van der Waals surface area contributed by atoms with Crippen LogP contribution in [0.2, 0.25) is 0 Å². The molecule has 0 bridgehead atoms. The number of benzene rings is 1. The monoisotopic (exact) mass is 304 g/mol. The lowest BCUT2D eigenvalue weighted by Crippen LogP contribution is -2.03. The van der Waals surface area contributed by atoms with Crippen LogP contribution in [-0.2, 0) is 9.53 Å². The topological polar surface area (TPSA) is 53.4 Å². The van der Waals surface area contributed by atoms with Crippen LogP contribution in [0, 0.1) is 6.92 Å². The number of methoxy groups -OCH3 is 2. The van der Waals surface area contributed by atoms with E-state index in [1.807, 2.05) is 13.1 Å². The van der Waals surface area contributed by atoms with Gasteiger partial charge in [0.15, 0.2) is 0 Å². The molecule has 6 heteroatoms. The van der Waals surface area contributed by atoms with Crippen LogP contribution in [0.1, 0.15) is 18.2 Å². The Bertz CT molecular complexity index is 735. The van der Waals surface area contributed by atoms with Crippen molar-refractivity contribution in [3.8, 4) is 11.4 Å². The number of carbonyl (C=O) groups excluding carboxylic acids is 1. The van der Waals surface area contributed by atoms with E-state index in [1.54, 1.807) is 23.0 Å². The minimum absolute atomic E-state index is 0.0872. The standard InChI is InChI=1S/C16H17FN2O3/c1-10-8-19(9-18-10)13-6-5-12(7-14(13)21-3)15(17)11(2)16(20)22-4/h5-9H,1-4H3/b15-11+. The molecule has 0 aliphatic carbocycles. The molecule has 1 aromatic heterocycles. The number of aryl methyl sites for hydroxylation is 1. The van der Waals surface area contributed by atoms with Crippen molar-refractivity contribution >= 4 is 11.8 Å². The van der Waals surface area contributed by atoms with E-state index >= 15 is 0 Å². The van der Waals surface area contributed by atoms with Crippen LogP contribution in [0.5, 0.6) is 5.75 Å². The number of nitrogens with zero attached hydrogens (tertiary/aromatic N) is 2. The second kappa shape index (κ2) is 6.43. The molecule has 116 valence electrons. The zero-order chi connectivity index (χ0) is 16.3. The first-order chi connectivity index (χ1) is 10.5. The summed E-state index contributed by atoms with van der Waals surface area (Å²) in [5.74, 6) is -0.869. The van der Waals surface area contributed by atoms with Gasteiger partial charge < -0.3 is 14.0 Å². The van der Waals surface area contributed by atoms with Gasteiger partial charge in [-0.2, -0.15) is 0 Å². The Labute approximate surface area is 128 Å². The molecular formula is C16H17FN2O3. The Morgan fingerprint density at radius 1 is 1.32 bits per heavy atom. The molecule has 0 saturated carbocycles. The summed E-state index contributed by atoms with van der Waals surface area (Å²) in [6, 6.07) is 4.82. The Kier molecular flexibility index (Phi) is 4.60. The molecule has 0 aliphatic rings. The van der Waals surface area contributed by atoms with Gasteiger partial charge >= 0.3 is 5.97 Å². The molecule has 0 radical (unpaired) electrons. The van der Waals surface area contributed by atoms with Gasteiger partial charge in [-0.1, -0.05) is 0 Å². The zero-order valence-corrected chi connectivity index (χ0v) is 12.9. The zero-order valence-electron chi connectivity index (χ0n) is 12.9. The highest BCUT2D eigenvalue weighted by Gasteiger charge is 2.15. The summed E-state index contributed by atoms with van der Waals surface area (Å²) in [6.45, 7) is 3.25. The highest BCUT2D eigenvalue weighted by molar-refractivity contribution is 5.95. The van der Waals surface area contributed by atoms with Crippen LogP contribution >= 0.6 is 0 Å².